The van der Waals surface area contributed by atoms with Crippen LogP contribution in [0.2, 0.25) is 0 Å². The normalized spacial score (nSPS) is 38.8. The van der Waals surface area contributed by atoms with Gasteiger partial charge in [-0.2, -0.15) is 5.26 Å². The van der Waals surface area contributed by atoms with Gasteiger partial charge in [-0.05, 0) is 52.6 Å². The fourth-order valence-electron chi connectivity index (χ4n) is 3.56. The third-order valence-corrected chi connectivity index (χ3v) is 4.85. The molecule has 4 heteroatoms. The number of likely N-dealkylation sites (N-methyl/N-ethyl adjacent to an activating group) is 1. The van der Waals surface area contributed by atoms with Crippen LogP contribution >= 0.6 is 0 Å². The molecule has 0 radical (unpaired) electrons. The van der Waals surface area contributed by atoms with E-state index < -0.39 is 0 Å². The molecule has 2 fully saturated rings. The standard InChI is InChI=1S/C15H27N3O/c1-4-8-17-15(11-16)7-5-13(10-15)18(3)14-6-9-19-12(14)2/h12-14,17H,4-10H2,1-3H3. The molecule has 1 aliphatic heterocycles. The van der Waals surface area contributed by atoms with E-state index in [1.54, 1.807) is 0 Å². The van der Waals surface area contributed by atoms with Gasteiger partial charge in [-0.15, -0.1) is 0 Å². The molecule has 2 rings (SSSR count). The maximum atomic E-state index is 9.50. The molecule has 1 saturated heterocycles. The molecule has 0 amide bonds. The molecule has 4 atom stereocenters. The van der Waals surface area contributed by atoms with Crippen molar-refractivity contribution in [2.24, 2.45) is 0 Å². The minimum atomic E-state index is -0.294. The Hall–Kier alpha value is -0.630. The summed E-state index contributed by atoms with van der Waals surface area (Å²) in [6.07, 6.45) is 5.56. The highest BCUT2D eigenvalue weighted by molar-refractivity contribution is 5.13. The molecule has 0 aromatic carbocycles. The van der Waals surface area contributed by atoms with Crippen LogP contribution in [0.1, 0.15) is 46.0 Å². The van der Waals surface area contributed by atoms with E-state index in [9.17, 15) is 5.26 Å². The monoisotopic (exact) mass is 265 g/mol. The van der Waals surface area contributed by atoms with E-state index in [0.717, 1.165) is 45.3 Å². The van der Waals surface area contributed by atoms with Crippen molar-refractivity contribution in [3.8, 4) is 6.07 Å². The summed E-state index contributed by atoms with van der Waals surface area (Å²) in [6.45, 7) is 6.12. The lowest BCUT2D eigenvalue weighted by Crippen LogP contribution is -2.46. The minimum Gasteiger partial charge on any atom is -0.377 e. The molecular formula is C15H27N3O. The lowest BCUT2D eigenvalue weighted by atomic mass is 9.98. The number of nitriles is 1. The van der Waals surface area contributed by atoms with Crippen LogP contribution in [0.4, 0.5) is 0 Å². The maximum absolute atomic E-state index is 9.50. The van der Waals surface area contributed by atoms with Crippen molar-refractivity contribution in [2.45, 2.75) is 69.7 Å². The third kappa shape index (κ3) is 3.10. The van der Waals surface area contributed by atoms with E-state index >= 15 is 0 Å². The fourth-order valence-corrected chi connectivity index (χ4v) is 3.56. The average Bonchev–Trinajstić information content (AvgIpc) is 3.03. The van der Waals surface area contributed by atoms with E-state index in [-0.39, 0.29) is 5.54 Å². The maximum Gasteiger partial charge on any atom is 0.108 e. The lowest BCUT2D eigenvalue weighted by molar-refractivity contribution is 0.0673. The predicted octanol–water partition coefficient (Wildman–Crippen LogP) is 1.91. The second-order valence-electron chi connectivity index (χ2n) is 6.11. The van der Waals surface area contributed by atoms with Crippen LogP contribution in [0, 0.1) is 11.3 Å². The highest BCUT2D eigenvalue weighted by atomic mass is 16.5. The van der Waals surface area contributed by atoms with Gasteiger partial charge in [0.05, 0.1) is 12.2 Å². The van der Waals surface area contributed by atoms with E-state index in [0.29, 0.717) is 18.2 Å². The summed E-state index contributed by atoms with van der Waals surface area (Å²) in [6, 6.07) is 3.56. The van der Waals surface area contributed by atoms with Crippen molar-refractivity contribution in [3.63, 3.8) is 0 Å². The highest BCUT2D eigenvalue weighted by Gasteiger charge is 2.43. The minimum absolute atomic E-state index is 0.294. The number of hydrogen-bond donors (Lipinski definition) is 1. The first-order chi connectivity index (χ1) is 9.12. The molecule has 1 heterocycles. The van der Waals surface area contributed by atoms with Crippen LogP contribution in [0.15, 0.2) is 0 Å². The Morgan fingerprint density at radius 1 is 1.47 bits per heavy atom. The second-order valence-corrected chi connectivity index (χ2v) is 6.11. The van der Waals surface area contributed by atoms with Gasteiger partial charge in [0.1, 0.15) is 5.54 Å². The smallest absolute Gasteiger partial charge is 0.108 e. The topological polar surface area (TPSA) is 48.3 Å². The second kappa shape index (κ2) is 6.21. The molecule has 0 spiro atoms. The zero-order chi connectivity index (χ0) is 13.9. The molecule has 4 nitrogen and oxygen atoms in total. The van der Waals surface area contributed by atoms with Gasteiger partial charge in [-0.3, -0.25) is 10.2 Å². The van der Waals surface area contributed by atoms with Crippen molar-refractivity contribution in [2.75, 3.05) is 20.2 Å². The Bertz CT molecular complexity index is 341. The van der Waals surface area contributed by atoms with Crippen LogP contribution in [0.3, 0.4) is 0 Å². The number of nitrogens with one attached hydrogen (secondary N) is 1. The van der Waals surface area contributed by atoms with Gasteiger partial charge in [-0.1, -0.05) is 6.92 Å². The number of nitrogens with zero attached hydrogens (tertiary/aromatic N) is 2. The van der Waals surface area contributed by atoms with Crippen LogP contribution < -0.4 is 5.32 Å². The van der Waals surface area contributed by atoms with E-state index in [1.165, 1.54) is 0 Å². The quantitative estimate of drug-likeness (QED) is 0.825. The van der Waals surface area contributed by atoms with Crippen LogP contribution in [0.5, 0.6) is 0 Å². The Balaban J connectivity index is 1.95. The Morgan fingerprint density at radius 3 is 2.84 bits per heavy atom. The van der Waals surface area contributed by atoms with Gasteiger partial charge in [0.15, 0.2) is 0 Å². The molecule has 1 N–H and O–H groups in total. The van der Waals surface area contributed by atoms with Gasteiger partial charge in [-0.25, -0.2) is 0 Å². The first-order valence-electron chi connectivity index (χ1n) is 7.61. The number of rotatable bonds is 5. The van der Waals surface area contributed by atoms with Gasteiger partial charge >= 0.3 is 0 Å². The summed E-state index contributed by atoms with van der Waals surface area (Å²) in [5, 5.41) is 13.0. The summed E-state index contributed by atoms with van der Waals surface area (Å²) in [7, 11) is 2.20. The predicted molar refractivity (Wildman–Crippen MR) is 75.9 cm³/mol. The van der Waals surface area contributed by atoms with E-state index in [2.05, 4.69) is 37.2 Å². The fraction of sp³-hybridized carbons (Fsp3) is 0.933. The van der Waals surface area contributed by atoms with Crippen LogP contribution in [-0.2, 0) is 4.74 Å². The van der Waals surface area contributed by atoms with Crippen molar-refractivity contribution in [1.29, 1.82) is 5.26 Å². The Kier molecular flexibility index (Phi) is 4.83. The summed E-state index contributed by atoms with van der Waals surface area (Å²) in [5.41, 5.74) is -0.294. The summed E-state index contributed by atoms with van der Waals surface area (Å²) in [4.78, 5) is 2.46. The molecule has 0 bridgehead atoms. The number of hydrogen-bond acceptors (Lipinski definition) is 4. The number of ether oxygens (including phenoxy) is 1. The molecule has 0 aromatic rings. The van der Waals surface area contributed by atoms with Crippen LogP contribution in [-0.4, -0.2) is 48.8 Å². The van der Waals surface area contributed by atoms with E-state index in [4.69, 9.17) is 4.74 Å². The summed E-state index contributed by atoms with van der Waals surface area (Å²) in [5.74, 6) is 0. The molecular weight excluding hydrogens is 238 g/mol. The summed E-state index contributed by atoms with van der Waals surface area (Å²) < 4.78 is 5.67. The SMILES string of the molecule is CCCNC1(C#N)CCC(N(C)C2CCOC2C)C1. The molecule has 0 aromatic heterocycles. The zero-order valence-corrected chi connectivity index (χ0v) is 12.5. The van der Waals surface area contributed by atoms with Crippen LogP contribution in [0.25, 0.3) is 0 Å². The highest BCUT2D eigenvalue weighted by Crippen LogP contribution is 2.34. The largest absolute Gasteiger partial charge is 0.377 e. The first-order valence-corrected chi connectivity index (χ1v) is 7.61. The van der Waals surface area contributed by atoms with E-state index in [1.807, 2.05) is 0 Å². The summed E-state index contributed by atoms with van der Waals surface area (Å²) >= 11 is 0. The molecule has 108 valence electrons. The Labute approximate surface area is 117 Å². The molecule has 1 saturated carbocycles. The van der Waals surface area contributed by atoms with Gasteiger partial charge < -0.3 is 4.74 Å². The third-order valence-electron chi connectivity index (χ3n) is 4.85. The molecule has 4 unspecified atom stereocenters. The lowest BCUT2D eigenvalue weighted by Gasteiger charge is -2.33. The molecule has 1 aliphatic carbocycles. The van der Waals surface area contributed by atoms with Crippen molar-refractivity contribution in [3.05, 3.63) is 0 Å². The van der Waals surface area contributed by atoms with Crippen molar-refractivity contribution in [1.82, 2.24) is 10.2 Å². The molecule has 2 aliphatic rings. The zero-order valence-electron chi connectivity index (χ0n) is 12.5. The first kappa shape index (κ1) is 14.8. The molecule has 19 heavy (non-hydrogen) atoms. The van der Waals surface area contributed by atoms with Gasteiger partial charge in [0.25, 0.3) is 0 Å². The van der Waals surface area contributed by atoms with Crippen molar-refractivity contribution >= 4 is 0 Å². The average molecular weight is 265 g/mol. The Morgan fingerprint density at radius 2 is 2.26 bits per heavy atom. The van der Waals surface area contributed by atoms with Gasteiger partial charge in [0.2, 0.25) is 0 Å². The van der Waals surface area contributed by atoms with Gasteiger partial charge in [0, 0.05) is 18.7 Å². The van der Waals surface area contributed by atoms with Crippen molar-refractivity contribution < 1.29 is 4.74 Å².